The number of nitrogens with one attached hydrogen (secondary N) is 2. The molecule has 0 saturated carbocycles. The van der Waals surface area contributed by atoms with E-state index < -0.39 is 0 Å². The highest BCUT2D eigenvalue weighted by atomic mass is 32.1. The number of fused-ring (bicyclic) bond motifs is 1. The molecule has 1 aromatic rings. The zero-order valence-corrected chi connectivity index (χ0v) is 10.3. The van der Waals surface area contributed by atoms with Crippen LogP contribution in [-0.2, 0) is 4.79 Å². The third-order valence-electron chi connectivity index (χ3n) is 2.93. The number of Topliss-reactive ketones (excluding diaryl/α,β-unsaturated/α-hetero) is 1. The fourth-order valence-electron chi connectivity index (χ4n) is 2.04. The van der Waals surface area contributed by atoms with Gasteiger partial charge < -0.3 is 5.73 Å². The van der Waals surface area contributed by atoms with Crippen molar-refractivity contribution in [3.63, 3.8) is 0 Å². The molecule has 0 saturated heterocycles. The van der Waals surface area contributed by atoms with Crippen molar-refractivity contribution in [3.05, 3.63) is 45.9 Å². The molecule has 1 atom stereocenters. The molecule has 0 amide bonds. The lowest BCUT2D eigenvalue weighted by Crippen LogP contribution is -2.41. The molecule has 1 aliphatic heterocycles. The molecule has 0 radical (unpaired) electrons. The fraction of sp³-hybridized carbons (Fsp3) is 0.167. The Morgan fingerprint density at radius 1 is 1.44 bits per heavy atom. The van der Waals surface area contributed by atoms with E-state index >= 15 is 0 Å². The topological polar surface area (TPSA) is 79.5 Å². The van der Waals surface area contributed by atoms with Crippen LogP contribution in [0.2, 0.25) is 0 Å². The van der Waals surface area contributed by atoms with Crippen LogP contribution in [0.25, 0.3) is 0 Å². The predicted molar refractivity (Wildman–Crippen MR) is 70.7 cm³/mol. The van der Waals surface area contributed by atoms with Crippen LogP contribution in [-0.4, -0.2) is 11.7 Å². The van der Waals surface area contributed by atoms with Crippen LogP contribution in [0.1, 0.15) is 17.2 Å². The molecular formula is C12H12N4OS. The molecule has 5 nitrogen and oxygen atoms in total. The third kappa shape index (κ3) is 1.91. The van der Waals surface area contributed by atoms with Crippen molar-refractivity contribution in [1.29, 1.82) is 0 Å². The van der Waals surface area contributed by atoms with Crippen LogP contribution in [0.5, 0.6) is 0 Å². The van der Waals surface area contributed by atoms with Crippen LogP contribution in [0.15, 0.2) is 46.1 Å². The Bertz CT molecular complexity index is 571. The van der Waals surface area contributed by atoms with Gasteiger partial charge in [0.15, 0.2) is 5.78 Å². The number of carbonyl (C=O) groups is 1. The van der Waals surface area contributed by atoms with E-state index in [9.17, 15) is 4.79 Å². The van der Waals surface area contributed by atoms with Crippen LogP contribution < -0.4 is 16.6 Å². The smallest absolute Gasteiger partial charge is 0.212 e. The van der Waals surface area contributed by atoms with Gasteiger partial charge in [0.1, 0.15) is 0 Å². The van der Waals surface area contributed by atoms with E-state index in [0.717, 1.165) is 5.70 Å². The van der Waals surface area contributed by atoms with Gasteiger partial charge in [-0.05, 0) is 17.5 Å². The number of carbonyl (C=O) groups excluding carboxylic acids is 1. The minimum Gasteiger partial charge on any atom is -0.368 e. The summed E-state index contributed by atoms with van der Waals surface area (Å²) in [5.74, 6) is 0.454. The first kappa shape index (κ1) is 11.0. The number of hydrogen-bond donors (Lipinski definition) is 3. The summed E-state index contributed by atoms with van der Waals surface area (Å²) in [6.07, 6.45) is 4.04. The van der Waals surface area contributed by atoms with E-state index in [1.807, 2.05) is 23.6 Å². The maximum atomic E-state index is 12.1. The molecule has 0 spiro atoms. The number of hydrazine groups is 1. The van der Waals surface area contributed by atoms with Gasteiger partial charge in [-0.1, -0.05) is 6.07 Å². The standard InChI is InChI=1S/C12H12N4OS/c13-12-14-6-8-9(15-16-12)4-7(5-10(8)17)11-2-1-3-18-11/h1-4,6-7,15H,5H2,(H3,13,14,16)/t7-/m0/s1. The number of nitrogens with zero attached hydrogens (tertiary/aromatic N) is 1. The molecular weight excluding hydrogens is 248 g/mol. The average molecular weight is 260 g/mol. The molecule has 0 fully saturated rings. The molecule has 0 unspecified atom stereocenters. The summed E-state index contributed by atoms with van der Waals surface area (Å²) >= 11 is 1.66. The molecule has 2 heterocycles. The van der Waals surface area contributed by atoms with Crippen molar-refractivity contribution < 1.29 is 4.79 Å². The number of allylic oxidation sites excluding steroid dienone is 2. The van der Waals surface area contributed by atoms with Crippen molar-refractivity contribution in [2.24, 2.45) is 10.7 Å². The number of thiophene rings is 1. The zero-order chi connectivity index (χ0) is 12.5. The van der Waals surface area contributed by atoms with Gasteiger partial charge in [-0.25, -0.2) is 4.99 Å². The summed E-state index contributed by atoms with van der Waals surface area (Å²) in [4.78, 5) is 17.2. The summed E-state index contributed by atoms with van der Waals surface area (Å²) in [6, 6.07) is 4.04. The lowest BCUT2D eigenvalue weighted by atomic mass is 9.88. The maximum absolute atomic E-state index is 12.1. The molecule has 3 rings (SSSR count). The number of hydrogen-bond acceptors (Lipinski definition) is 6. The Morgan fingerprint density at radius 2 is 2.33 bits per heavy atom. The first-order chi connectivity index (χ1) is 8.74. The monoisotopic (exact) mass is 260 g/mol. The minimum atomic E-state index is 0.0821. The Labute approximate surface area is 108 Å². The number of ketones is 1. The molecule has 1 aromatic heterocycles. The van der Waals surface area contributed by atoms with Gasteiger partial charge in [-0.15, -0.1) is 11.3 Å². The number of nitrogens with two attached hydrogens (primary N) is 1. The molecule has 2 aliphatic rings. The molecule has 0 aromatic carbocycles. The highest BCUT2D eigenvalue weighted by molar-refractivity contribution is 7.10. The van der Waals surface area contributed by atoms with Crippen molar-refractivity contribution in [3.8, 4) is 0 Å². The maximum Gasteiger partial charge on any atom is 0.212 e. The lowest BCUT2D eigenvalue weighted by molar-refractivity contribution is -0.115. The third-order valence-corrected chi connectivity index (χ3v) is 3.93. The van der Waals surface area contributed by atoms with Crippen molar-refractivity contribution in [2.45, 2.75) is 12.3 Å². The van der Waals surface area contributed by atoms with Crippen LogP contribution in [0.3, 0.4) is 0 Å². The molecule has 92 valence electrons. The van der Waals surface area contributed by atoms with E-state index in [1.165, 1.54) is 11.1 Å². The SMILES string of the molecule is NC1=NC=C2C(=O)C[C@@H](c3cccs3)C=C2NN1. The molecule has 4 N–H and O–H groups in total. The Hall–Kier alpha value is -2.08. The number of rotatable bonds is 1. The zero-order valence-electron chi connectivity index (χ0n) is 9.51. The van der Waals surface area contributed by atoms with Crippen molar-refractivity contribution >= 4 is 23.1 Å². The second-order valence-electron chi connectivity index (χ2n) is 4.14. The van der Waals surface area contributed by atoms with Crippen molar-refractivity contribution in [2.75, 3.05) is 0 Å². The Kier molecular flexibility index (Phi) is 2.64. The van der Waals surface area contributed by atoms with Gasteiger partial charge in [-0.2, -0.15) is 0 Å². The normalized spacial score (nSPS) is 22.8. The second kappa shape index (κ2) is 4.30. The highest BCUT2D eigenvalue weighted by Gasteiger charge is 2.27. The Morgan fingerprint density at radius 3 is 3.11 bits per heavy atom. The van der Waals surface area contributed by atoms with Gasteiger partial charge in [0.2, 0.25) is 5.96 Å². The van der Waals surface area contributed by atoms with Gasteiger partial charge in [0, 0.05) is 23.4 Å². The second-order valence-corrected chi connectivity index (χ2v) is 5.12. The highest BCUT2D eigenvalue weighted by Crippen LogP contribution is 2.33. The van der Waals surface area contributed by atoms with E-state index in [-0.39, 0.29) is 17.7 Å². The van der Waals surface area contributed by atoms with Gasteiger partial charge in [0.05, 0.1) is 11.3 Å². The van der Waals surface area contributed by atoms with Gasteiger partial charge >= 0.3 is 0 Å². The van der Waals surface area contributed by atoms with Crippen LogP contribution >= 0.6 is 11.3 Å². The first-order valence-electron chi connectivity index (χ1n) is 5.58. The summed E-state index contributed by atoms with van der Waals surface area (Å²) in [7, 11) is 0. The first-order valence-corrected chi connectivity index (χ1v) is 6.46. The number of aliphatic imine (C=N–C) groups is 1. The molecule has 0 bridgehead atoms. The van der Waals surface area contributed by atoms with E-state index in [0.29, 0.717) is 12.0 Å². The van der Waals surface area contributed by atoms with Crippen LogP contribution in [0.4, 0.5) is 0 Å². The van der Waals surface area contributed by atoms with E-state index in [4.69, 9.17) is 5.73 Å². The minimum absolute atomic E-state index is 0.0821. The number of guanidine groups is 1. The Balaban J connectivity index is 1.97. The molecule has 1 aliphatic carbocycles. The quantitative estimate of drug-likeness (QED) is 0.703. The fourth-order valence-corrected chi connectivity index (χ4v) is 2.84. The van der Waals surface area contributed by atoms with E-state index in [1.54, 1.807) is 11.3 Å². The summed E-state index contributed by atoms with van der Waals surface area (Å²) in [5.41, 5.74) is 12.5. The van der Waals surface area contributed by atoms with E-state index in [2.05, 4.69) is 15.8 Å². The lowest BCUT2D eigenvalue weighted by Gasteiger charge is -2.21. The summed E-state index contributed by atoms with van der Waals surface area (Å²) in [5, 5.41) is 2.02. The molecule has 6 heteroatoms. The van der Waals surface area contributed by atoms with Crippen LogP contribution in [0, 0.1) is 0 Å². The summed E-state index contributed by atoms with van der Waals surface area (Å²) in [6.45, 7) is 0. The average Bonchev–Trinajstić information content (AvgIpc) is 2.82. The van der Waals surface area contributed by atoms with Gasteiger partial charge in [-0.3, -0.25) is 15.6 Å². The molecule has 18 heavy (non-hydrogen) atoms. The summed E-state index contributed by atoms with van der Waals surface area (Å²) < 4.78 is 0. The predicted octanol–water partition coefficient (Wildman–Crippen LogP) is 0.995. The van der Waals surface area contributed by atoms with Gasteiger partial charge in [0.25, 0.3) is 0 Å². The van der Waals surface area contributed by atoms with Crippen molar-refractivity contribution in [1.82, 2.24) is 10.9 Å². The largest absolute Gasteiger partial charge is 0.368 e.